The number of rotatable bonds is 3. The third-order valence-electron chi connectivity index (χ3n) is 5.63. The van der Waals surface area contributed by atoms with Crippen molar-refractivity contribution in [3.05, 3.63) is 63.7 Å². The summed E-state index contributed by atoms with van der Waals surface area (Å²) in [6.07, 6.45) is 2.34. The molecule has 1 aliphatic rings. The van der Waals surface area contributed by atoms with E-state index >= 15 is 0 Å². The summed E-state index contributed by atoms with van der Waals surface area (Å²) in [5, 5.41) is 2.12. The van der Waals surface area contributed by atoms with Crippen molar-refractivity contribution < 1.29 is 4.74 Å². The maximum atomic E-state index is 6.59. The lowest BCUT2D eigenvalue weighted by molar-refractivity contribution is 0.400. The first kappa shape index (κ1) is 19.3. The van der Waals surface area contributed by atoms with Gasteiger partial charge in [-0.15, -0.1) is 0 Å². The van der Waals surface area contributed by atoms with Gasteiger partial charge < -0.3 is 4.74 Å². The molecule has 2 aromatic rings. The molecule has 1 atom stereocenters. The first-order valence-corrected chi connectivity index (χ1v) is 12.7. The van der Waals surface area contributed by atoms with E-state index in [1.54, 1.807) is 7.11 Å². The van der Waals surface area contributed by atoms with Crippen LogP contribution in [0.4, 0.5) is 0 Å². The lowest BCUT2D eigenvalue weighted by Gasteiger charge is -2.35. The monoisotopic (exact) mass is 384 g/mol. The van der Waals surface area contributed by atoms with Crippen molar-refractivity contribution in [3.63, 3.8) is 0 Å². The first-order chi connectivity index (χ1) is 12.1. The molecular formula is C23H29ClOSi. The summed E-state index contributed by atoms with van der Waals surface area (Å²) in [7, 11) is -0.156. The highest BCUT2D eigenvalue weighted by molar-refractivity contribution is 6.92. The molecule has 3 heteroatoms. The lowest BCUT2D eigenvalue weighted by Crippen LogP contribution is -2.49. The zero-order chi connectivity index (χ0) is 19.3. The minimum absolute atomic E-state index is 0.0199. The molecule has 0 heterocycles. The predicted molar refractivity (Wildman–Crippen MR) is 117 cm³/mol. The Kier molecular flexibility index (Phi) is 4.87. The molecule has 0 saturated heterocycles. The van der Waals surface area contributed by atoms with E-state index in [9.17, 15) is 0 Å². The van der Waals surface area contributed by atoms with Crippen LogP contribution >= 0.6 is 11.6 Å². The highest BCUT2D eigenvalue weighted by Gasteiger charge is 2.42. The van der Waals surface area contributed by atoms with E-state index in [1.165, 1.54) is 27.5 Å². The number of benzene rings is 2. The number of methoxy groups -OCH3 is 1. The number of allylic oxidation sites excluding steroid dienone is 1. The van der Waals surface area contributed by atoms with Crippen molar-refractivity contribution in [2.75, 3.05) is 7.11 Å². The summed E-state index contributed by atoms with van der Waals surface area (Å²) in [5.41, 5.74) is 5.86. The molecule has 1 nitrogen and oxygen atoms in total. The maximum Gasteiger partial charge on any atom is 0.121 e. The van der Waals surface area contributed by atoms with Crippen molar-refractivity contribution in [1.29, 1.82) is 0 Å². The van der Waals surface area contributed by atoms with Gasteiger partial charge in [0.15, 0.2) is 0 Å². The van der Waals surface area contributed by atoms with Gasteiger partial charge in [-0.1, -0.05) is 81.4 Å². The highest BCUT2D eigenvalue weighted by Crippen LogP contribution is 2.44. The largest absolute Gasteiger partial charge is 0.497 e. The molecule has 0 saturated carbocycles. The molecule has 0 N–H and O–H groups in total. The fourth-order valence-electron chi connectivity index (χ4n) is 4.44. The van der Waals surface area contributed by atoms with Crippen LogP contribution in [0.25, 0.3) is 6.08 Å². The Balaban J connectivity index is 2.23. The molecule has 26 heavy (non-hydrogen) atoms. The molecule has 2 aromatic carbocycles. The molecule has 0 bridgehead atoms. The van der Waals surface area contributed by atoms with Crippen molar-refractivity contribution in [3.8, 4) is 5.75 Å². The van der Waals surface area contributed by atoms with Gasteiger partial charge in [0.05, 0.1) is 15.2 Å². The number of hydrogen-bond donors (Lipinski definition) is 0. The highest BCUT2D eigenvalue weighted by atomic mass is 35.5. The Morgan fingerprint density at radius 3 is 2.35 bits per heavy atom. The predicted octanol–water partition coefficient (Wildman–Crippen LogP) is 6.30. The normalized spacial score (nSPS) is 17.1. The fraction of sp³-hybridized carbons (Fsp3) is 0.391. The second-order valence-electron chi connectivity index (χ2n) is 8.96. The van der Waals surface area contributed by atoms with Crippen molar-refractivity contribution in [2.45, 2.75) is 51.7 Å². The van der Waals surface area contributed by atoms with Crippen LogP contribution in [0.5, 0.6) is 5.75 Å². The molecule has 0 fully saturated rings. The van der Waals surface area contributed by atoms with Crippen LogP contribution in [0.15, 0.2) is 42.0 Å². The average Bonchev–Trinajstić information content (AvgIpc) is 2.89. The third-order valence-corrected chi connectivity index (χ3v) is 9.81. The van der Waals surface area contributed by atoms with Crippen molar-refractivity contribution in [2.24, 2.45) is 0 Å². The van der Waals surface area contributed by atoms with E-state index in [0.717, 1.165) is 10.8 Å². The molecule has 0 amide bonds. The third kappa shape index (κ3) is 3.14. The molecule has 138 valence electrons. The molecule has 1 unspecified atom stereocenters. The van der Waals surface area contributed by atoms with E-state index in [1.807, 2.05) is 0 Å². The molecule has 3 rings (SSSR count). The molecule has 0 spiro atoms. The van der Waals surface area contributed by atoms with Crippen LogP contribution in [0.2, 0.25) is 18.1 Å². The van der Waals surface area contributed by atoms with Crippen LogP contribution in [-0.2, 0) is 5.41 Å². The Bertz CT molecular complexity index is 874. The number of hydrogen-bond acceptors (Lipinski definition) is 1. The van der Waals surface area contributed by atoms with E-state index in [4.69, 9.17) is 16.3 Å². The van der Waals surface area contributed by atoms with Crippen LogP contribution in [-0.4, -0.2) is 15.2 Å². The second-order valence-corrected chi connectivity index (χ2v) is 14.0. The van der Waals surface area contributed by atoms with Gasteiger partial charge in [0, 0.05) is 16.1 Å². The minimum atomic E-state index is -1.95. The summed E-state index contributed by atoms with van der Waals surface area (Å²) in [6.45, 7) is 13.8. The quantitative estimate of drug-likeness (QED) is 0.564. The Morgan fingerprint density at radius 1 is 1.08 bits per heavy atom. The Hall–Kier alpha value is -1.51. The lowest BCUT2D eigenvalue weighted by atomic mass is 9.86. The summed E-state index contributed by atoms with van der Waals surface area (Å²) in [6, 6.07) is 13.0. The average molecular weight is 385 g/mol. The molecule has 0 aromatic heterocycles. The van der Waals surface area contributed by atoms with Crippen LogP contribution in [0.3, 0.4) is 0 Å². The van der Waals surface area contributed by atoms with E-state index in [2.05, 4.69) is 83.3 Å². The van der Waals surface area contributed by atoms with Gasteiger partial charge in [-0.3, -0.25) is 0 Å². The SMILES string of the molecule is COc1c(C(C)(C)C)cc(Cl)cc1[Si](C)(C)C1C(C)=Cc2ccccc21. The van der Waals surface area contributed by atoms with Crippen LogP contribution in [0, 0.1) is 0 Å². The van der Waals surface area contributed by atoms with Gasteiger partial charge in [-0.2, -0.15) is 0 Å². The summed E-state index contributed by atoms with van der Waals surface area (Å²) in [4.78, 5) is 0. The summed E-state index contributed by atoms with van der Waals surface area (Å²) >= 11 is 6.59. The Morgan fingerprint density at radius 2 is 1.73 bits per heavy atom. The molecule has 0 aliphatic heterocycles. The van der Waals surface area contributed by atoms with Crippen molar-refractivity contribution >= 4 is 30.9 Å². The van der Waals surface area contributed by atoms with Gasteiger partial charge >= 0.3 is 0 Å². The molecular weight excluding hydrogens is 356 g/mol. The topological polar surface area (TPSA) is 9.23 Å². The van der Waals surface area contributed by atoms with Crippen LogP contribution < -0.4 is 9.92 Å². The zero-order valence-corrected chi connectivity index (χ0v) is 18.7. The molecule has 0 radical (unpaired) electrons. The van der Waals surface area contributed by atoms with E-state index in [-0.39, 0.29) is 5.41 Å². The Labute approximate surface area is 164 Å². The number of ether oxygens (including phenoxy) is 1. The van der Waals surface area contributed by atoms with Gasteiger partial charge in [0.1, 0.15) is 5.75 Å². The second kappa shape index (κ2) is 6.58. The van der Waals surface area contributed by atoms with E-state index in [0.29, 0.717) is 5.54 Å². The van der Waals surface area contributed by atoms with Gasteiger partial charge in [-0.25, -0.2) is 0 Å². The standard InChI is InChI=1S/C23H29ClOSi/c1-15-12-16-10-8-9-11-18(16)22(15)26(6,7)20-14-17(24)13-19(21(20)25-5)23(2,3)4/h8-14,22H,1-7H3. The van der Waals surface area contributed by atoms with E-state index < -0.39 is 8.07 Å². The van der Waals surface area contributed by atoms with Gasteiger partial charge in [0.25, 0.3) is 0 Å². The van der Waals surface area contributed by atoms with Crippen molar-refractivity contribution in [1.82, 2.24) is 0 Å². The zero-order valence-electron chi connectivity index (χ0n) is 16.9. The van der Waals surface area contributed by atoms with Gasteiger partial charge in [-0.05, 0) is 40.8 Å². The van der Waals surface area contributed by atoms with Crippen LogP contribution in [0.1, 0.15) is 49.9 Å². The maximum absolute atomic E-state index is 6.59. The summed E-state index contributed by atoms with van der Waals surface area (Å²) in [5.74, 6) is 1.02. The van der Waals surface area contributed by atoms with Gasteiger partial charge in [0.2, 0.25) is 0 Å². The minimum Gasteiger partial charge on any atom is -0.497 e. The fourth-order valence-corrected chi connectivity index (χ4v) is 8.67. The molecule has 1 aliphatic carbocycles. The number of halogens is 1. The summed E-state index contributed by atoms with van der Waals surface area (Å²) < 4.78 is 5.98. The smallest absolute Gasteiger partial charge is 0.121 e. The number of fused-ring (bicyclic) bond motifs is 1. The first-order valence-electron chi connectivity index (χ1n) is 9.23.